The van der Waals surface area contributed by atoms with E-state index in [4.69, 9.17) is 0 Å². The molecule has 1 amide bonds. The molecule has 27 heavy (non-hydrogen) atoms. The van der Waals surface area contributed by atoms with Gasteiger partial charge in [-0.2, -0.15) is 0 Å². The molecule has 1 aliphatic rings. The summed E-state index contributed by atoms with van der Waals surface area (Å²) in [6.07, 6.45) is 2.17. The van der Waals surface area contributed by atoms with Gasteiger partial charge in [-0.05, 0) is 65.7 Å². The standard InChI is InChI=1S/C18H15F2N5OS/c19-15-8-7-14(9-16(15)20)27-10-17(26)21-12-3-1-11(2-4-12)18-22-23-24-25(18)13-5-6-13/h1-4,7-9,13H,5-6,10H2,(H,21,26). The second kappa shape index (κ2) is 7.43. The molecule has 0 radical (unpaired) electrons. The van der Waals surface area contributed by atoms with Gasteiger partial charge < -0.3 is 5.32 Å². The zero-order valence-corrected chi connectivity index (χ0v) is 14.9. The Bertz CT molecular complexity index is 972. The molecule has 1 saturated carbocycles. The molecule has 0 atom stereocenters. The van der Waals surface area contributed by atoms with Gasteiger partial charge in [-0.25, -0.2) is 13.5 Å². The Morgan fingerprint density at radius 3 is 2.63 bits per heavy atom. The average Bonchev–Trinajstić information content (AvgIpc) is 3.40. The molecule has 1 N–H and O–H groups in total. The van der Waals surface area contributed by atoms with Crippen LogP contribution >= 0.6 is 11.8 Å². The first kappa shape index (κ1) is 17.6. The Balaban J connectivity index is 1.35. The number of nitrogens with zero attached hydrogens (tertiary/aromatic N) is 4. The average molecular weight is 387 g/mol. The third-order valence-corrected chi connectivity index (χ3v) is 5.07. The molecule has 4 rings (SSSR count). The summed E-state index contributed by atoms with van der Waals surface area (Å²) in [5.41, 5.74) is 1.51. The molecule has 0 bridgehead atoms. The van der Waals surface area contributed by atoms with Crippen LogP contribution < -0.4 is 5.32 Å². The number of tetrazole rings is 1. The number of hydrogen-bond acceptors (Lipinski definition) is 5. The molecule has 2 aromatic carbocycles. The van der Waals surface area contributed by atoms with Crippen LogP contribution in [0.5, 0.6) is 0 Å². The van der Waals surface area contributed by atoms with Gasteiger partial charge in [0.1, 0.15) is 0 Å². The maximum atomic E-state index is 13.2. The Labute approximate surface area is 158 Å². The number of rotatable bonds is 6. The van der Waals surface area contributed by atoms with Gasteiger partial charge in [-0.3, -0.25) is 4.79 Å². The number of nitrogens with one attached hydrogen (secondary N) is 1. The minimum Gasteiger partial charge on any atom is -0.325 e. The van der Waals surface area contributed by atoms with Gasteiger partial charge in [-0.15, -0.1) is 16.9 Å². The van der Waals surface area contributed by atoms with E-state index in [1.165, 1.54) is 6.07 Å². The highest BCUT2D eigenvalue weighted by atomic mass is 32.2. The van der Waals surface area contributed by atoms with Gasteiger partial charge in [0.15, 0.2) is 17.5 Å². The Morgan fingerprint density at radius 2 is 1.93 bits per heavy atom. The SMILES string of the molecule is O=C(CSc1ccc(F)c(F)c1)Nc1ccc(-c2nnnn2C2CC2)cc1. The smallest absolute Gasteiger partial charge is 0.234 e. The van der Waals surface area contributed by atoms with Crippen molar-refractivity contribution in [1.29, 1.82) is 0 Å². The maximum absolute atomic E-state index is 13.2. The van der Waals surface area contributed by atoms with Crippen molar-refractivity contribution in [3.63, 3.8) is 0 Å². The molecule has 0 spiro atoms. The molecule has 1 aromatic heterocycles. The van der Waals surface area contributed by atoms with Crippen LogP contribution in [0.15, 0.2) is 47.4 Å². The molecule has 3 aromatic rings. The predicted octanol–water partition coefficient (Wildman–Crippen LogP) is 3.68. The number of benzene rings is 2. The van der Waals surface area contributed by atoms with E-state index in [9.17, 15) is 13.6 Å². The number of anilines is 1. The van der Waals surface area contributed by atoms with E-state index < -0.39 is 11.6 Å². The largest absolute Gasteiger partial charge is 0.325 e. The van der Waals surface area contributed by atoms with Crippen LogP contribution in [-0.2, 0) is 4.79 Å². The number of carbonyl (C=O) groups is 1. The summed E-state index contributed by atoms with van der Waals surface area (Å²) in [6, 6.07) is 11.2. The maximum Gasteiger partial charge on any atom is 0.234 e. The van der Waals surface area contributed by atoms with E-state index in [0.29, 0.717) is 22.4 Å². The second-order valence-corrected chi connectivity index (χ2v) is 7.22. The highest BCUT2D eigenvalue weighted by Crippen LogP contribution is 2.36. The van der Waals surface area contributed by atoms with Gasteiger partial charge in [0, 0.05) is 16.1 Å². The van der Waals surface area contributed by atoms with Gasteiger partial charge in [0.05, 0.1) is 11.8 Å². The summed E-state index contributed by atoms with van der Waals surface area (Å²) in [5, 5.41) is 14.6. The first-order valence-electron chi connectivity index (χ1n) is 8.36. The summed E-state index contributed by atoms with van der Waals surface area (Å²) in [6.45, 7) is 0. The molecule has 1 aliphatic carbocycles. The molecule has 0 unspecified atom stereocenters. The van der Waals surface area contributed by atoms with Gasteiger partial charge in [-0.1, -0.05) is 0 Å². The van der Waals surface area contributed by atoms with Crippen LogP contribution in [0.25, 0.3) is 11.4 Å². The summed E-state index contributed by atoms with van der Waals surface area (Å²) in [7, 11) is 0. The van der Waals surface area contributed by atoms with Crippen molar-refractivity contribution >= 4 is 23.4 Å². The molecule has 9 heteroatoms. The van der Waals surface area contributed by atoms with Crippen LogP contribution in [0, 0.1) is 11.6 Å². The number of aromatic nitrogens is 4. The number of thioether (sulfide) groups is 1. The molecule has 0 saturated heterocycles. The van der Waals surface area contributed by atoms with Crippen molar-refractivity contribution in [2.75, 3.05) is 11.1 Å². The van der Waals surface area contributed by atoms with E-state index in [1.54, 1.807) is 12.1 Å². The van der Waals surface area contributed by atoms with Crippen molar-refractivity contribution in [2.45, 2.75) is 23.8 Å². The van der Waals surface area contributed by atoms with E-state index in [0.717, 1.165) is 42.3 Å². The summed E-state index contributed by atoms with van der Waals surface area (Å²) >= 11 is 1.14. The molecule has 138 valence electrons. The fraction of sp³-hybridized carbons (Fsp3) is 0.222. The lowest BCUT2D eigenvalue weighted by Gasteiger charge is -2.07. The number of carbonyl (C=O) groups excluding carboxylic acids is 1. The zero-order chi connectivity index (χ0) is 18.8. The second-order valence-electron chi connectivity index (χ2n) is 6.17. The van der Waals surface area contributed by atoms with Crippen molar-refractivity contribution in [3.8, 4) is 11.4 Å². The lowest BCUT2D eigenvalue weighted by Crippen LogP contribution is -2.13. The first-order chi connectivity index (χ1) is 13.1. The molecular weight excluding hydrogens is 372 g/mol. The van der Waals surface area contributed by atoms with Crippen LogP contribution in [0.1, 0.15) is 18.9 Å². The summed E-state index contributed by atoms with van der Waals surface area (Å²) in [5.74, 6) is -1.27. The monoisotopic (exact) mass is 387 g/mol. The minimum absolute atomic E-state index is 0.0900. The quantitative estimate of drug-likeness (QED) is 0.653. The Kier molecular flexibility index (Phi) is 4.85. The lowest BCUT2D eigenvalue weighted by molar-refractivity contribution is -0.113. The Morgan fingerprint density at radius 1 is 1.15 bits per heavy atom. The van der Waals surface area contributed by atoms with Crippen LogP contribution in [-0.4, -0.2) is 31.9 Å². The predicted molar refractivity (Wildman–Crippen MR) is 97.2 cm³/mol. The number of amides is 1. The third-order valence-electron chi connectivity index (χ3n) is 4.07. The van der Waals surface area contributed by atoms with Crippen molar-refractivity contribution in [1.82, 2.24) is 20.2 Å². The van der Waals surface area contributed by atoms with Crippen LogP contribution in [0.3, 0.4) is 0 Å². The molecule has 6 nitrogen and oxygen atoms in total. The zero-order valence-electron chi connectivity index (χ0n) is 14.1. The summed E-state index contributed by atoms with van der Waals surface area (Å²) in [4.78, 5) is 12.6. The van der Waals surface area contributed by atoms with Crippen molar-refractivity contribution in [3.05, 3.63) is 54.1 Å². The molecule has 1 heterocycles. The van der Waals surface area contributed by atoms with Gasteiger partial charge >= 0.3 is 0 Å². The fourth-order valence-electron chi connectivity index (χ4n) is 2.56. The minimum atomic E-state index is -0.926. The number of hydrogen-bond donors (Lipinski definition) is 1. The highest BCUT2D eigenvalue weighted by molar-refractivity contribution is 8.00. The first-order valence-corrected chi connectivity index (χ1v) is 9.35. The lowest BCUT2D eigenvalue weighted by atomic mass is 10.2. The normalized spacial score (nSPS) is 13.6. The molecular formula is C18H15F2N5OS. The fourth-order valence-corrected chi connectivity index (χ4v) is 3.28. The van der Waals surface area contributed by atoms with Crippen molar-refractivity contribution in [2.24, 2.45) is 0 Å². The molecule has 0 aliphatic heterocycles. The van der Waals surface area contributed by atoms with Crippen LogP contribution in [0.2, 0.25) is 0 Å². The summed E-state index contributed by atoms with van der Waals surface area (Å²) < 4.78 is 27.9. The van der Waals surface area contributed by atoms with Gasteiger partial charge in [0.25, 0.3) is 0 Å². The number of halogens is 2. The van der Waals surface area contributed by atoms with E-state index in [2.05, 4.69) is 20.8 Å². The van der Waals surface area contributed by atoms with E-state index in [-0.39, 0.29) is 11.7 Å². The highest BCUT2D eigenvalue weighted by Gasteiger charge is 2.28. The van der Waals surface area contributed by atoms with E-state index >= 15 is 0 Å². The van der Waals surface area contributed by atoms with Crippen molar-refractivity contribution < 1.29 is 13.6 Å². The van der Waals surface area contributed by atoms with Gasteiger partial charge in [0.2, 0.25) is 5.91 Å². The Hall–Kier alpha value is -2.81. The molecule has 1 fully saturated rings. The topological polar surface area (TPSA) is 72.7 Å². The van der Waals surface area contributed by atoms with E-state index in [1.807, 2.05) is 16.8 Å². The van der Waals surface area contributed by atoms with Crippen LogP contribution in [0.4, 0.5) is 14.5 Å². The third kappa shape index (κ3) is 4.13.